The van der Waals surface area contributed by atoms with Crippen molar-refractivity contribution in [2.45, 2.75) is 4.64 Å². The fourth-order valence-electron chi connectivity index (χ4n) is 2.91. The average molecular weight is 528 g/mol. The van der Waals surface area contributed by atoms with E-state index >= 15 is 0 Å². The second kappa shape index (κ2) is 9.76. The van der Waals surface area contributed by atoms with Crippen LogP contribution in [0.1, 0.15) is 0 Å². The monoisotopic (exact) mass is 528 g/mol. The summed E-state index contributed by atoms with van der Waals surface area (Å²) in [5.74, 6) is -3.88. The van der Waals surface area contributed by atoms with Gasteiger partial charge in [-0.3, -0.25) is 0 Å². The van der Waals surface area contributed by atoms with Crippen molar-refractivity contribution in [3.8, 4) is 17.2 Å². The number of hydrogen-bond acceptors (Lipinski definition) is 7. The predicted octanol–water partition coefficient (Wildman–Crippen LogP) is 4.52. The van der Waals surface area contributed by atoms with Crippen molar-refractivity contribution < 1.29 is 51.8 Å². The molecule has 0 fully saturated rings. The minimum atomic E-state index is -6.10. The van der Waals surface area contributed by atoms with Crippen LogP contribution in [0.5, 0.6) is 17.2 Å². The summed E-state index contributed by atoms with van der Waals surface area (Å²) < 4.78 is 50.6. The Morgan fingerprint density at radius 2 is 0.794 bits per heavy atom. The molecule has 3 rings (SSSR count). The number of carboxylic acids is 1. The van der Waals surface area contributed by atoms with Gasteiger partial charge in [-0.25, -0.2) is 18.5 Å². The van der Waals surface area contributed by atoms with Crippen LogP contribution in [0.4, 0.5) is 0 Å². The predicted molar refractivity (Wildman–Crippen MR) is 121 cm³/mol. The smallest absolute Gasteiger partial charge is 0.421 e. The summed E-state index contributed by atoms with van der Waals surface area (Å²) in [7, 11) is -18.3. The van der Waals surface area contributed by atoms with Gasteiger partial charge in [0.1, 0.15) is 17.2 Å². The van der Waals surface area contributed by atoms with Crippen LogP contribution < -0.4 is 13.6 Å². The third kappa shape index (κ3) is 4.81. The molecule has 0 spiro atoms. The highest BCUT2D eigenvalue weighted by Gasteiger charge is 2.83. The van der Waals surface area contributed by atoms with Gasteiger partial charge in [0, 0.05) is 0 Å². The summed E-state index contributed by atoms with van der Waals surface area (Å²) in [4.78, 5) is 44.9. The van der Waals surface area contributed by atoms with E-state index in [0.29, 0.717) is 0 Å². The zero-order chi connectivity index (χ0) is 25.0. The van der Waals surface area contributed by atoms with Gasteiger partial charge in [0.15, 0.2) is 0 Å². The molecule has 0 radical (unpaired) electrons. The van der Waals surface area contributed by atoms with Gasteiger partial charge in [0.2, 0.25) is 0 Å². The van der Waals surface area contributed by atoms with Crippen molar-refractivity contribution in [3.63, 3.8) is 0 Å². The van der Waals surface area contributed by atoms with E-state index in [9.17, 15) is 38.3 Å². The van der Waals surface area contributed by atoms with Gasteiger partial charge in [0.05, 0.1) is 0 Å². The first-order valence-corrected chi connectivity index (χ1v) is 14.1. The lowest BCUT2D eigenvalue weighted by Gasteiger charge is -2.36. The molecule has 0 bridgehead atoms. The molecule has 3 aromatic rings. The molecule has 0 aliphatic rings. The summed E-state index contributed by atoms with van der Waals surface area (Å²) in [5.41, 5.74) is 0. The highest BCUT2D eigenvalue weighted by Crippen LogP contribution is 2.86. The molecule has 11 nitrogen and oxygen atoms in total. The zero-order valence-corrected chi connectivity index (χ0v) is 19.8. The number of hydrogen-bond donors (Lipinski definition) is 4. The van der Waals surface area contributed by atoms with Crippen molar-refractivity contribution >= 4 is 28.8 Å². The fourth-order valence-corrected chi connectivity index (χ4v) is 9.80. The van der Waals surface area contributed by atoms with Gasteiger partial charge in [-0.15, -0.1) is 0 Å². The van der Waals surface area contributed by atoms with Gasteiger partial charge < -0.3 is 33.4 Å². The first-order valence-electron chi connectivity index (χ1n) is 9.39. The number of carbonyl (C=O) groups is 1. The second-order valence-electron chi connectivity index (χ2n) is 6.71. The zero-order valence-electron chi connectivity index (χ0n) is 17.1. The largest absolute Gasteiger partial charge is 0.479 e. The topological polar surface area (TPSA) is 177 Å². The molecular formula is C20H19O11P3. The molecule has 3 unspecified atom stereocenters. The first kappa shape index (κ1) is 25.7. The Hall–Kier alpha value is -2.90. The van der Waals surface area contributed by atoms with Crippen molar-refractivity contribution in [2.75, 3.05) is 0 Å². The Morgan fingerprint density at radius 3 is 1.00 bits per heavy atom. The number of para-hydroxylation sites is 3. The molecule has 3 atom stereocenters. The summed E-state index contributed by atoms with van der Waals surface area (Å²) >= 11 is 0. The minimum Gasteiger partial charge on any atom is -0.479 e. The van der Waals surface area contributed by atoms with E-state index in [1.165, 1.54) is 54.6 Å². The highest BCUT2D eigenvalue weighted by atomic mass is 31.3. The van der Waals surface area contributed by atoms with Crippen LogP contribution in [0.3, 0.4) is 0 Å². The van der Waals surface area contributed by atoms with Crippen LogP contribution in [-0.2, 0) is 18.5 Å². The number of rotatable bonds is 10. The van der Waals surface area contributed by atoms with Crippen LogP contribution in [0.25, 0.3) is 0 Å². The third-order valence-corrected chi connectivity index (χ3v) is 13.2. The van der Waals surface area contributed by atoms with Gasteiger partial charge in [0.25, 0.3) is 0 Å². The molecule has 0 amide bonds. The number of benzene rings is 3. The fraction of sp³-hybridized carbons (Fsp3) is 0.0500. The van der Waals surface area contributed by atoms with E-state index in [0.717, 1.165) is 36.4 Å². The minimum absolute atomic E-state index is 0.418. The Labute approximate surface area is 193 Å². The first-order chi connectivity index (χ1) is 15.9. The maximum Gasteiger partial charge on any atom is 0.421 e. The molecule has 14 heteroatoms. The molecule has 0 aliphatic carbocycles. The summed E-state index contributed by atoms with van der Waals surface area (Å²) in [6, 6.07) is 19.5. The molecule has 0 heterocycles. The molecule has 4 N–H and O–H groups in total. The van der Waals surface area contributed by atoms with E-state index in [-0.39, 0.29) is 0 Å². The Bertz CT molecular complexity index is 1130. The molecule has 180 valence electrons. The lowest BCUT2D eigenvalue weighted by molar-refractivity contribution is -0.136. The standard InChI is InChI=1S/C20H19O11P3/c21-19(22)20(32(23,24)29-16-10-4-1-5-11-16,33(25,26)30-17-12-6-2-7-13-17)34(27,28)31-18-14-8-3-9-15-18/h1-15H,(H,21,22)(H,23,24)(H,25,26)(H,27,28). The second-order valence-corrected chi connectivity index (χ2v) is 13.5. The van der Waals surface area contributed by atoms with Crippen molar-refractivity contribution in [1.29, 1.82) is 0 Å². The molecule has 0 aromatic heterocycles. The van der Waals surface area contributed by atoms with Crippen LogP contribution in [0.2, 0.25) is 0 Å². The van der Waals surface area contributed by atoms with Crippen LogP contribution >= 0.6 is 22.8 Å². The third-order valence-electron chi connectivity index (χ3n) is 4.39. The average Bonchev–Trinajstić information content (AvgIpc) is 2.74. The Balaban J connectivity index is 2.25. The van der Waals surface area contributed by atoms with E-state index < -0.39 is 50.6 Å². The summed E-state index contributed by atoms with van der Waals surface area (Å²) in [6.45, 7) is 0. The molecular weight excluding hydrogens is 509 g/mol. The summed E-state index contributed by atoms with van der Waals surface area (Å²) in [6.07, 6.45) is 0. The normalized spacial score (nSPS) is 18.2. The Morgan fingerprint density at radius 1 is 0.559 bits per heavy atom. The highest BCUT2D eigenvalue weighted by molar-refractivity contribution is 7.91. The van der Waals surface area contributed by atoms with Gasteiger partial charge in [-0.2, -0.15) is 0 Å². The van der Waals surface area contributed by atoms with E-state index in [1.54, 1.807) is 0 Å². The Kier molecular flexibility index (Phi) is 7.38. The lowest BCUT2D eigenvalue weighted by atomic mass is 10.3. The van der Waals surface area contributed by atoms with Crippen molar-refractivity contribution in [2.24, 2.45) is 0 Å². The van der Waals surface area contributed by atoms with E-state index in [1.807, 2.05) is 0 Å². The summed E-state index contributed by atoms with van der Waals surface area (Å²) in [5, 5.41) is 10.0. The molecule has 0 aliphatic heterocycles. The van der Waals surface area contributed by atoms with E-state index in [2.05, 4.69) is 0 Å². The van der Waals surface area contributed by atoms with Crippen LogP contribution in [-0.4, -0.2) is 30.4 Å². The van der Waals surface area contributed by atoms with Gasteiger partial charge in [-0.05, 0) is 36.4 Å². The lowest BCUT2D eigenvalue weighted by Crippen LogP contribution is -2.42. The molecule has 3 aromatic carbocycles. The quantitative estimate of drug-likeness (QED) is 0.272. The van der Waals surface area contributed by atoms with Crippen molar-refractivity contribution in [3.05, 3.63) is 91.0 Å². The van der Waals surface area contributed by atoms with E-state index in [4.69, 9.17) is 13.6 Å². The maximum absolute atomic E-state index is 13.4. The molecule has 0 saturated carbocycles. The SMILES string of the molecule is O=C(O)C(P(=O)(O)Oc1ccccc1)(P(=O)(O)Oc1ccccc1)P(=O)(O)Oc1ccccc1. The maximum atomic E-state index is 13.4. The number of carboxylic acid groups (broad SMARTS) is 1. The van der Waals surface area contributed by atoms with Crippen molar-refractivity contribution in [1.82, 2.24) is 0 Å². The van der Waals surface area contributed by atoms with Gasteiger partial charge >= 0.3 is 33.4 Å². The number of aliphatic carboxylic acids is 1. The van der Waals surface area contributed by atoms with Crippen LogP contribution in [0, 0.1) is 0 Å². The van der Waals surface area contributed by atoms with Crippen LogP contribution in [0.15, 0.2) is 91.0 Å². The molecule has 0 saturated heterocycles. The van der Waals surface area contributed by atoms with Gasteiger partial charge in [-0.1, -0.05) is 54.6 Å². The molecule has 34 heavy (non-hydrogen) atoms.